The molecule has 22 heavy (non-hydrogen) atoms. The summed E-state index contributed by atoms with van der Waals surface area (Å²) in [6, 6.07) is 0. The van der Waals surface area contributed by atoms with Gasteiger partial charge in [-0.15, -0.1) is 0 Å². The Kier molecular flexibility index (Phi) is 9.24. The number of nitrogens with zero attached hydrogens (tertiary/aromatic N) is 1. The molecular formula is C16H30N3O2S+. The topological polar surface area (TPSA) is 70.4 Å². The first-order chi connectivity index (χ1) is 10.6. The van der Waals surface area contributed by atoms with Gasteiger partial charge in [-0.2, -0.15) is 4.98 Å². The molecule has 0 amide bonds. The van der Waals surface area contributed by atoms with Crippen molar-refractivity contribution in [2.75, 3.05) is 25.4 Å². The van der Waals surface area contributed by atoms with Gasteiger partial charge in [0.15, 0.2) is 5.16 Å². The minimum absolute atomic E-state index is 0.0991. The van der Waals surface area contributed by atoms with E-state index in [2.05, 4.69) is 30.7 Å². The fraction of sp³-hybridized carbons (Fsp3) is 0.750. The SMILES string of the molecule is CCCCCCc1c(O)nc(SCC[NH+](CC)CC)[nH]c1=O. The van der Waals surface area contributed by atoms with E-state index in [1.165, 1.54) is 16.7 Å². The maximum atomic E-state index is 12.1. The molecule has 0 spiro atoms. The second-order valence-corrected chi connectivity index (χ2v) is 6.62. The molecular weight excluding hydrogens is 298 g/mol. The van der Waals surface area contributed by atoms with Gasteiger partial charge in [0.1, 0.15) is 0 Å². The van der Waals surface area contributed by atoms with Crippen LogP contribution >= 0.6 is 11.8 Å². The summed E-state index contributed by atoms with van der Waals surface area (Å²) >= 11 is 1.50. The van der Waals surface area contributed by atoms with Crippen LogP contribution in [0.4, 0.5) is 0 Å². The minimum Gasteiger partial charge on any atom is -0.493 e. The van der Waals surface area contributed by atoms with Crippen molar-refractivity contribution in [3.8, 4) is 5.88 Å². The van der Waals surface area contributed by atoms with Crippen molar-refractivity contribution in [2.45, 2.75) is 58.0 Å². The van der Waals surface area contributed by atoms with Crippen molar-refractivity contribution in [2.24, 2.45) is 0 Å². The number of thioether (sulfide) groups is 1. The van der Waals surface area contributed by atoms with Crippen LogP contribution in [0.3, 0.4) is 0 Å². The van der Waals surface area contributed by atoms with Crippen molar-refractivity contribution < 1.29 is 10.0 Å². The van der Waals surface area contributed by atoms with Crippen LogP contribution in [-0.4, -0.2) is 40.5 Å². The van der Waals surface area contributed by atoms with E-state index in [0.29, 0.717) is 17.1 Å². The maximum absolute atomic E-state index is 12.1. The molecule has 1 aromatic heterocycles. The molecule has 0 saturated carbocycles. The Bertz CT molecular complexity index is 487. The molecule has 1 rings (SSSR count). The second-order valence-electron chi connectivity index (χ2n) is 5.54. The van der Waals surface area contributed by atoms with E-state index in [4.69, 9.17) is 0 Å². The maximum Gasteiger partial charge on any atom is 0.258 e. The van der Waals surface area contributed by atoms with Crippen LogP contribution in [0.1, 0.15) is 52.0 Å². The predicted molar refractivity (Wildman–Crippen MR) is 92.0 cm³/mol. The summed E-state index contributed by atoms with van der Waals surface area (Å²) in [5.41, 5.74) is 0.233. The molecule has 0 aliphatic rings. The van der Waals surface area contributed by atoms with Gasteiger partial charge in [0.25, 0.3) is 5.56 Å². The molecule has 0 aliphatic heterocycles. The number of hydrogen-bond acceptors (Lipinski definition) is 4. The summed E-state index contributed by atoms with van der Waals surface area (Å²) in [7, 11) is 0. The molecule has 0 atom stereocenters. The summed E-state index contributed by atoms with van der Waals surface area (Å²) in [4.78, 5) is 20.5. The van der Waals surface area contributed by atoms with E-state index >= 15 is 0 Å². The molecule has 1 heterocycles. The number of aromatic nitrogens is 2. The minimum atomic E-state index is -0.193. The Morgan fingerprint density at radius 3 is 2.50 bits per heavy atom. The molecule has 6 heteroatoms. The fourth-order valence-electron chi connectivity index (χ4n) is 2.38. The zero-order chi connectivity index (χ0) is 16.4. The molecule has 0 unspecified atom stereocenters. The van der Waals surface area contributed by atoms with Gasteiger partial charge in [-0.05, 0) is 26.7 Å². The predicted octanol–water partition coefficient (Wildman–Crippen LogP) is 1.62. The molecule has 0 saturated heterocycles. The Balaban J connectivity index is 2.55. The van der Waals surface area contributed by atoms with Crippen LogP contribution < -0.4 is 10.5 Å². The van der Waals surface area contributed by atoms with E-state index in [9.17, 15) is 9.90 Å². The molecule has 0 fully saturated rings. The smallest absolute Gasteiger partial charge is 0.258 e. The largest absolute Gasteiger partial charge is 0.493 e. The number of nitrogens with one attached hydrogen (secondary N) is 2. The highest BCUT2D eigenvalue weighted by molar-refractivity contribution is 7.99. The van der Waals surface area contributed by atoms with Crippen LogP contribution in [0.2, 0.25) is 0 Å². The van der Waals surface area contributed by atoms with E-state index in [0.717, 1.165) is 51.1 Å². The number of hydrogen-bond donors (Lipinski definition) is 3. The van der Waals surface area contributed by atoms with Crippen molar-refractivity contribution in [3.63, 3.8) is 0 Å². The third kappa shape index (κ3) is 6.40. The average molecular weight is 329 g/mol. The van der Waals surface area contributed by atoms with Crippen LogP contribution in [0.5, 0.6) is 5.88 Å². The Morgan fingerprint density at radius 2 is 1.91 bits per heavy atom. The number of aromatic hydroxyl groups is 1. The van der Waals surface area contributed by atoms with Gasteiger partial charge in [-0.25, -0.2) is 0 Å². The number of rotatable bonds is 11. The standard InChI is InChI=1S/C16H29N3O2S/c1-4-7-8-9-10-13-14(20)17-16(18-15(13)21)22-12-11-19(5-2)6-3/h4-12H2,1-3H3,(H2,17,18,20,21)/p+1. The molecule has 126 valence electrons. The monoisotopic (exact) mass is 328 g/mol. The Hall–Kier alpha value is -1.01. The van der Waals surface area contributed by atoms with Crippen LogP contribution in [0.25, 0.3) is 0 Å². The van der Waals surface area contributed by atoms with Crippen LogP contribution in [0.15, 0.2) is 9.95 Å². The number of quaternary nitrogens is 1. The van der Waals surface area contributed by atoms with Gasteiger partial charge in [0.05, 0.1) is 31.0 Å². The third-order valence-corrected chi connectivity index (χ3v) is 4.82. The van der Waals surface area contributed by atoms with Crippen molar-refractivity contribution >= 4 is 11.8 Å². The molecule has 0 bridgehead atoms. The first kappa shape index (κ1) is 19.0. The molecule has 1 aromatic rings. The van der Waals surface area contributed by atoms with Gasteiger partial charge >= 0.3 is 0 Å². The van der Waals surface area contributed by atoms with Crippen LogP contribution in [-0.2, 0) is 6.42 Å². The molecule has 3 N–H and O–H groups in total. The summed E-state index contributed by atoms with van der Waals surface area (Å²) in [6.45, 7) is 9.72. The lowest BCUT2D eigenvalue weighted by atomic mass is 10.1. The van der Waals surface area contributed by atoms with Gasteiger partial charge in [-0.1, -0.05) is 37.9 Å². The van der Waals surface area contributed by atoms with Gasteiger partial charge < -0.3 is 15.0 Å². The Morgan fingerprint density at radius 1 is 1.18 bits per heavy atom. The highest BCUT2D eigenvalue weighted by atomic mass is 32.2. The van der Waals surface area contributed by atoms with E-state index in [1.54, 1.807) is 0 Å². The third-order valence-electron chi connectivity index (χ3n) is 3.95. The van der Waals surface area contributed by atoms with E-state index in [-0.39, 0.29) is 11.4 Å². The first-order valence-corrected chi connectivity index (χ1v) is 9.39. The quantitative estimate of drug-likeness (QED) is 0.328. The lowest BCUT2D eigenvalue weighted by Gasteiger charge is -2.14. The number of unbranched alkanes of at least 4 members (excludes halogenated alkanes) is 3. The van der Waals surface area contributed by atoms with E-state index in [1.807, 2.05) is 0 Å². The lowest BCUT2D eigenvalue weighted by Crippen LogP contribution is -3.11. The summed E-state index contributed by atoms with van der Waals surface area (Å²) in [5, 5.41) is 10.5. The first-order valence-electron chi connectivity index (χ1n) is 8.40. The summed E-state index contributed by atoms with van der Waals surface area (Å²) in [5.74, 6) is 0.785. The number of aromatic amines is 1. The van der Waals surface area contributed by atoms with Gasteiger partial charge in [0, 0.05) is 0 Å². The summed E-state index contributed by atoms with van der Waals surface area (Å²) < 4.78 is 0. The molecule has 0 aliphatic carbocycles. The van der Waals surface area contributed by atoms with Crippen molar-refractivity contribution in [1.82, 2.24) is 9.97 Å². The van der Waals surface area contributed by atoms with Crippen LogP contribution in [0, 0.1) is 0 Å². The highest BCUT2D eigenvalue weighted by Crippen LogP contribution is 2.17. The zero-order valence-corrected chi connectivity index (χ0v) is 14.9. The van der Waals surface area contributed by atoms with E-state index < -0.39 is 0 Å². The van der Waals surface area contributed by atoms with Gasteiger partial charge in [0.2, 0.25) is 5.88 Å². The highest BCUT2D eigenvalue weighted by Gasteiger charge is 2.11. The van der Waals surface area contributed by atoms with Crippen molar-refractivity contribution in [1.29, 1.82) is 0 Å². The summed E-state index contributed by atoms with van der Waals surface area (Å²) in [6.07, 6.45) is 4.92. The van der Waals surface area contributed by atoms with Gasteiger partial charge in [-0.3, -0.25) is 4.79 Å². The fourth-order valence-corrected chi connectivity index (χ4v) is 3.28. The second kappa shape index (κ2) is 10.7. The number of H-pyrrole nitrogens is 1. The molecule has 0 radical (unpaired) electrons. The Labute approximate surface area is 137 Å². The average Bonchev–Trinajstić information content (AvgIpc) is 2.50. The molecule has 0 aromatic carbocycles. The van der Waals surface area contributed by atoms with Crippen molar-refractivity contribution in [3.05, 3.63) is 15.9 Å². The molecule has 5 nitrogen and oxygen atoms in total. The zero-order valence-electron chi connectivity index (χ0n) is 14.1. The lowest BCUT2D eigenvalue weighted by molar-refractivity contribution is -0.893. The normalized spacial score (nSPS) is 11.3.